The van der Waals surface area contributed by atoms with Gasteiger partial charge in [-0.15, -0.1) is 0 Å². The maximum absolute atomic E-state index is 5.83. The second kappa shape index (κ2) is 4.38. The van der Waals surface area contributed by atoms with Gasteiger partial charge in [-0.05, 0) is 28.8 Å². The van der Waals surface area contributed by atoms with E-state index in [1.807, 2.05) is 18.2 Å². The second-order valence-corrected chi connectivity index (χ2v) is 4.73. The highest BCUT2D eigenvalue weighted by Crippen LogP contribution is 2.25. The minimum atomic E-state index is -0.0776. The van der Waals surface area contributed by atoms with Crippen LogP contribution in [-0.2, 0) is 4.74 Å². The van der Waals surface area contributed by atoms with Gasteiger partial charge in [-0.25, -0.2) is 0 Å². The van der Waals surface area contributed by atoms with Crippen LogP contribution in [0.5, 0.6) is 5.75 Å². The van der Waals surface area contributed by atoms with E-state index in [0.717, 1.165) is 18.8 Å². The van der Waals surface area contributed by atoms with Crippen molar-refractivity contribution in [2.75, 3.05) is 6.61 Å². The molecule has 2 aromatic rings. The van der Waals surface area contributed by atoms with Gasteiger partial charge in [0.15, 0.2) is 6.29 Å². The molecule has 0 N–H and O–H groups in total. The van der Waals surface area contributed by atoms with Crippen molar-refractivity contribution in [2.45, 2.75) is 19.6 Å². The molecule has 2 atom stereocenters. The molecule has 0 aromatic heterocycles. The molecule has 17 heavy (non-hydrogen) atoms. The fraction of sp³-hybridized carbons (Fsp3) is 0.333. The number of benzene rings is 2. The highest BCUT2D eigenvalue weighted by atomic mass is 16.7. The summed E-state index contributed by atoms with van der Waals surface area (Å²) in [5.41, 5.74) is 0. The van der Waals surface area contributed by atoms with E-state index in [1.165, 1.54) is 10.8 Å². The van der Waals surface area contributed by atoms with Gasteiger partial charge in [-0.2, -0.15) is 0 Å². The predicted octanol–water partition coefficient (Wildman–Crippen LogP) is 3.60. The van der Waals surface area contributed by atoms with Gasteiger partial charge in [0.1, 0.15) is 5.75 Å². The van der Waals surface area contributed by atoms with Crippen molar-refractivity contribution in [1.29, 1.82) is 0 Å². The van der Waals surface area contributed by atoms with Gasteiger partial charge in [0.2, 0.25) is 0 Å². The van der Waals surface area contributed by atoms with Crippen molar-refractivity contribution >= 4 is 10.8 Å². The van der Waals surface area contributed by atoms with E-state index in [2.05, 4.69) is 31.2 Å². The maximum Gasteiger partial charge on any atom is 0.200 e. The van der Waals surface area contributed by atoms with E-state index < -0.39 is 0 Å². The summed E-state index contributed by atoms with van der Waals surface area (Å²) in [6, 6.07) is 14.5. The Balaban J connectivity index is 1.81. The molecule has 1 aliphatic heterocycles. The van der Waals surface area contributed by atoms with Gasteiger partial charge >= 0.3 is 0 Å². The molecule has 1 heterocycles. The summed E-state index contributed by atoms with van der Waals surface area (Å²) >= 11 is 0. The van der Waals surface area contributed by atoms with E-state index in [1.54, 1.807) is 0 Å². The summed E-state index contributed by atoms with van der Waals surface area (Å²) in [6.45, 7) is 2.99. The lowest BCUT2D eigenvalue weighted by atomic mass is 10.1. The van der Waals surface area contributed by atoms with Crippen LogP contribution in [0.25, 0.3) is 10.8 Å². The Morgan fingerprint density at radius 3 is 2.71 bits per heavy atom. The molecule has 1 aliphatic rings. The Labute approximate surface area is 101 Å². The zero-order valence-corrected chi connectivity index (χ0v) is 9.93. The molecule has 0 amide bonds. The lowest BCUT2D eigenvalue weighted by molar-refractivity contribution is -0.0392. The number of hydrogen-bond donors (Lipinski definition) is 0. The normalized spacial score (nSPS) is 24.1. The third-order valence-electron chi connectivity index (χ3n) is 3.15. The quantitative estimate of drug-likeness (QED) is 0.781. The molecule has 2 heteroatoms. The predicted molar refractivity (Wildman–Crippen MR) is 68.1 cm³/mol. The van der Waals surface area contributed by atoms with Gasteiger partial charge in [-0.3, -0.25) is 0 Å². The molecule has 1 saturated heterocycles. The van der Waals surface area contributed by atoms with E-state index in [0.29, 0.717) is 5.92 Å². The molecule has 2 nitrogen and oxygen atoms in total. The first-order valence-electron chi connectivity index (χ1n) is 6.08. The van der Waals surface area contributed by atoms with Crippen LogP contribution in [0.15, 0.2) is 42.5 Å². The van der Waals surface area contributed by atoms with Gasteiger partial charge < -0.3 is 9.47 Å². The SMILES string of the molecule is C[C@H]1COC(Oc2ccc3ccccc3c2)C1. The molecular weight excluding hydrogens is 212 g/mol. The fourth-order valence-corrected chi connectivity index (χ4v) is 2.21. The first kappa shape index (κ1) is 10.6. The van der Waals surface area contributed by atoms with E-state index in [-0.39, 0.29) is 6.29 Å². The molecule has 1 unspecified atom stereocenters. The highest BCUT2D eigenvalue weighted by molar-refractivity contribution is 5.83. The molecule has 0 radical (unpaired) electrons. The molecule has 0 aliphatic carbocycles. The van der Waals surface area contributed by atoms with Crippen LogP contribution >= 0.6 is 0 Å². The average molecular weight is 228 g/mol. The Hall–Kier alpha value is -1.54. The number of rotatable bonds is 2. The lowest BCUT2D eigenvalue weighted by Gasteiger charge is -2.13. The van der Waals surface area contributed by atoms with Crippen LogP contribution in [0.2, 0.25) is 0 Å². The molecule has 3 rings (SSSR count). The van der Waals surface area contributed by atoms with Crippen molar-refractivity contribution in [2.24, 2.45) is 5.92 Å². The van der Waals surface area contributed by atoms with Crippen molar-refractivity contribution in [3.05, 3.63) is 42.5 Å². The van der Waals surface area contributed by atoms with Crippen LogP contribution in [0.1, 0.15) is 13.3 Å². The summed E-state index contributed by atoms with van der Waals surface area (Å²) in [5.74, 6) is 1.49. The molecule has 88 valence electrons. The first-order chi connectivity index (χ1) is 8.31. The summed E-state index contributed by atoms with van der Waals surface area (Å²) in [7, 11) is 0. The van der Waals surface area contributed by atoms with Crippen LogP contribution < -0.4 is 4.74 Å². The molecular formula is C15H16O2. The van der Waals surface area contributed by atoms with E-state index >= 15 is 0 Å². The summed E-state index contributed by atoms with van der Waals surface area (Å²) in [5, 5.41) is 2.44. The van der Waals surface area contributed by atoms with Gasteiger partial charge in [0, 0.05) is 6.42 Å². The maximum atomic E-state index is 5.83. The Morgan fingerprint density at radius 1 is 1.12 bits per heavy atom. The second-order valence-electron chi connectivity index (χ2n) is 4.73. The van der Waals surface area contributed by atoms with Crippen LogP contribution in [0, 0.1) is 5.92 Å². The van der Waals surface area contributed by atoms with E-state index in [4.69, 9.17) is 9.47 Å². The van der Waals surface area contributed by atoms with Crippen molar-refractivity contribution in [1.82, 2.24) is 0 Å². The monoisotopic (exact) mass is 228 g/mol. The summed E-state index contributed by atoms with van der Waals surface area (Å²) in [4.78, 5) is 0. The minimum absolute atomic E-state index is 0.0776. The number of hydrogen-bond acceptors (Lipinski definition) is 2. The lowest BCUT2D eigenvalue weighted by Crippen LogP contribution is -2.14. The van der Waals surface area contributed by atoms with Crippen molar-refractivity contribution in [3.8, 4) is 5.75 Å². The Kier molecular flexibility index (Phi) is 2.73. The average Bonchev–Trinajstić information content (AvgIpc) is 2.75. The van der Waals surface area contributed by atoms with Crippen molar-refractivity contribution < 1.29 is 9.47 Å². The fourth-order valence-electron chi connectivity index (χ4n) is 2.21. The number of fused-ring (bicyclic) bond motifs is 1. The third-order valence-corrected chi connectivity index (χ3v) is 3.15. The van der Waals surface area contributed by atoms with Crippen LogP contribution in [-0.4, -0.2) is 12.9 Å². The molecule has 0 saturated carbocycles. The third kappa shape index (κ3) is 2.27. The highest BCUT2D eigenvalue weighted by Gasteiger charge is 2.23. The Bertz CT molecular complexity index is 521. The topological polar surface area (TPSA) is 18.5 Å². The van der Waals surface area contributed by atoms with Crippen LogP contribution in [0.3, 0.4) is 0 Å². The zero-order chi connectivity index (χ0) is 11.7. The summed E-state index contributed by atoms with van der Waals surface area (Å²) in [6.07, 6.45) is 0.901. The largest absolute Gasteiger partial charge is 0.465 e. The number of ether oxygens (including phenoxy) is 2. The van der Waals surface area contributed by atoms with Gasteiger partial charge in [0.05, 0.1) is 6.61 Å². The molecule has 0 spiro atoms. The zero-order valence-electron chi connectivity index (χ0n) is 9.93. The molecule has 0 bridgehead atoms. The van der Waals surface area contributed by atoms with Gasteiger partial charge in [-0.1, -0.05) is 37.3 Å². The molecule has 1 fully saturated rings. The minimum Gasteiger partial charge on any atom is -0.465 e. The molecule has 2 aromatic carbocycles. The van der Waals surface area contributed by atoms with Crippen molar-refractivity contribution in [3.63, 3.8) is 0 Å². The van der Waals surface area contributed by atoms with E-state index in [9.17, 15) is 0 Å². The standard InChI is InChI=1S/C15H16O2/c1-11-8-15(16-10-11)17-14-7-6-12-4-2-3-5-13(12)9-14/h2-7,9,11,15H,8,10H2,1H3/t11-,15?/m1/s1. The van der Waals surface area contributed by atoms with Crippen LogP contribution in [0.4, 0.5) is 0 Å². The Morgan fingerprint density at radius 2 is 1.94 bits per heavy atom. The summed E-state index contributed by atoms with van der Waals surface area (Å²) < 4.78 is 11.4. The first-order valence-corrected chi connectivity index (χ1v) is 6.08. The van der Waals surface area contributed by atoms with Gasteiger partial charge in [0.25, 0.3) is 0 Å². The smallest absolute Gasteiger partial charge is 0.200 e.